The molecule has 10 rings (SSSR count). The van der Waals surface area contributed by atoms with Crippen molar-refractivity contribution in [3.8, 4) is 5.75 Å². The standard InChI is InChI=1S/C41H43ClF2N10O4/c1-51-28-11-9-23(17-26(28)32-34(38(51)57)58-21-41(43,44)35(48-32)22-7-8-22)46-36-27(42)18-45-39(49-36)54-15-4-13-40(20-54)14-16-53(19-40)29-6-3-5-24-31(50-52(2)33(24)29)25-10-12-30(55)47-37(25)56/h3,5-6,9,11,17-18,22,25,35,48H,4,7-8,10,12-16,19-21H2,1-2H3,(H,45,46,49)(H,47,55,56). The summed E-state index contributed by atoms with van der Waals surface area (Å²) in [7, 11) is 3.51. The highest BCUT2D eigenvalue weighted by atomic mass is 35.5. The minimum absolute atomic E-state index is 0.0155. The highest BCUT2D eigenvalue weighted by Crippen LogP contribution is 2.47. The molecule has 58 heavy (non-hydrogen) atoms. The number of ether oxygens (including phenoxy) is 1. The van der Waals surface area contributed by atoms with E-state index in [1.807, 2.05) is 23.9 Å². The lowest BCUT2D eigenvalue weighted by molar-refractivity contribution is -0.134. The molecule has 1 aliphatic carbocycles. The van der Waals surface area contributed by atoms with Crippen molar-refractivity contribution in [2.45, 2.75) is 62.8 Å². The molecule has 3 unspecified atom stereocenters. The summed E-state index contributed by atoms with van der Waals surface area (Å²) < 4.78 is 39.2. The lowest BCUT2D eigenvalue weighted by Crippen LogP contribution is -2.45. The number of fused-ring (bicyclic) bond motifs is 4. The van der Waals surface area contributed by atoms with Gasteiger partial charge < -0.3 is 29.7 Å². The van der Waals surface area contributed by atoms with E-state index in [2.05, 4.69) is 36.8 Å². The van der Waals surface area contributed by atoms with Gasteiger partial charge >= 0.3 is 5.92 Å². The Labute approximate surface area is 336 Å². The van der Waals surface area contributed by atoms with Gasteiger partial charge in [-0.15, -0.1) is 0 Å². The van der Waals surface area contributed by atoms with Crippen LogP contribution in [0.1, 0.15) is 56.6 Å². The van der Waals surface area contributed by atoms with Gasteiger partial charge in [-0.2, -0.15) is 10.1 Å². The summed E-state index contributed by atoms with van der Waals surface area (Å²) in [5.74, 6) is -3.51. The normalized spacial score (nSPS) is 24.4. The molecular formula is C41H43ClF2N10O4. The summed E-state index contributed by atoms with van der Waals surface area (Å²) in [6.45, 7) is 2.35. The van der Waals surface area contributed by atoms with Gasteiger partial charge in [-0.25, -0.2) is 13.8 Å². The number of alkyl halides is 2. The molecule has 3 aromatic heterocycles. The molecule has 17 heteroatoms. The van der Waals surface area contributed by atoms with Crippen molar-refractivity contribution < 1.29 is 23.1 Å². The SMILES string of the molecule is Cn1nc(C2CCC(=O)NC2=O)c2cccc(N3CCC4(CCCN(c5ncc(Cl)c(Nc6ccc7c(c6)c6c(c(=O)n7C)OCC(F)(F)C(C7CC7)N6)n5)C4)C3)c21. The molecule has 7 heterocycles. The number of anilines is 5. The van der Waals surface area contributed by atoms with E-state index < -0.39 is 30.0 Å². The number of benzene rings is 2. The number of hydrogen-bond donors (Lipinski definition) is 3. The number of aromatic nitrogens is 5. The van der Waals surface area contributed by atoms with Crippen LogP contribution in [-0.2, 0) is 23.7 Å². The lowest BCUT2D eigenvalue weighted by atomic mass is 9.79. The van der Waals surface area contributed by atoms with Crippen molar-refractivity contribution in [3.63, 3.8) is 0 Å². The Kier molecular flexibility index (Phi) is 8.59. The van der Waals surface area contributed by atoms with Crippen LogP contribution >= 0.6 is 11.6 Å². The van der Waals surface area contributed by atoms with Crippen molar-refractivity contribution in [2.75, 3.05) is 53.2 Å². The zero-order valence-corrected chi connectivity index (χ0v) is 32.9. The largest absolute Gasteiger partial charge is 0.480 e. The van der Waals surface area contributed by atoms with Crippen molar-refractivity contribution in [1.82, 2.24) is 29.6 Å². The molecule has 0 radical (unpaired) electrons. The number of halogens is 3. The summed E-state index contributed by atoms with van der Waals surface area (Å²) in [6, 6.07) is 10.4. The first-order chi connectivity index (χ1) is 27.9. The van der Waals surface area contributed by atoms with Crippen molar-refractivity contribution in [1.29, 1.82) is 0 Å². The number of pyridine rings is 1. The molecule has 302 valence electrons. The third kappa shape index (κ3) is 6.18. The number of piperidine rings is 2. The number of aryl methyl sites for hydroxylation is 2. The molecule has 2 aromatic carbocycles. The third-order valence-electron chi connectivity index (χ3n) is 12.8. The second kappa shape index (κ2) is 13.5. The summed E-state index contributed by atoms with van der Waals surface area (Å²) in [6.07, 6.45) is 6.70. The number of para-hydroxylation sites is 1. The minimum atomic E-state index is -3.14. The number of nitrogens with one attached hydrogen (secondary N) is 3. The van der Waals surface area contributed by atoms with Crippen molar-refractivity contribution in [2.24, 2.45) is 25.4 Å². The molecule has 3 atom stereocenters. The van der Waals surface area contributed by atoms with Crippen LogP contribution in [0.5, 0.6) is 5.75 Å². The van der Waals surface area contributed by atoms with Gasteiger partial charge in [0.25, 0.3) is 5.56 Å². The van der Waals surface area contributed by atoms with E-state index >= 15 is 8.78 Å². The van der Waals surface area contributed by atoms with Gasteiger partial charge in [-0.1, -0.05) is 23.7 Å². The summed E-state index contributed by atoms with van der Waals surface area (Å²) in [4.78, 5) is 52.1. The topological polar surface area (TPSA) is 152 Å². The van der Waals surface area contributed by atoms with Gasteiger partial charge in [-0.05, 0) is 68.7 Å². The van der Waals surface area contributed by atoms with E-state index in [0.717, 1.165) is 62.0 Å². The zero-order chi connectivity index (χ0) is 40.1. The number of carbonyl (C=O) groups excluding carboxylic acids is 2. The second-order valence-corrected chi connectivity index (χ2v) is 17.1. The first-order valence-electron chi connectivity index (χ1n) is 19.9. The maximum Gasteiger partial charge on any atom is 0.301 e. The third-order valence-corrected chi connectivity index (χ3v) is 13.0. The number of amides is 2. The predicted molar refractivity (Wildman–Crippen MR) is 217 cm³/mol. The van der Waals surface area contributed by atoms with E-state index in [1.54, 1.807) is 31.4 Å². The minimum Gasteiger partial charge on any atom is -0.480 e. The van der Waals surface area contributed by atoms with E-state index in [0.29, 0.717) is 64.8 Å². The first kappa shape index (κ1) is 36.8. The Hall–Kier alpha value is -5.51. The molecule has 0 bridgehead atoms. The molecule has 4 aliphatic heterocycles. The fourth-order valence-corrected chi connectivity index (χ4v) is 9.82. The fourth-order valence-electron chi connectivity index (χ4n) is 9.68. The highest BCUT2D eigenvalue weighted by Gasteiger charge is 2.51. The van der Waals surface area contributed by atoms with Crippen LogP contribution in [0, 0.1) is 11.3 Å². The molecular weight excluding hydrogens is 770 g/mol. The van der Waals surface area contributed by atoms with Crippen LogP contribution < -0.4 is 36.0 Å². The fraction of sp³-hybridized carbons (Fsp3) is 0.463. The molecule has 3 saturated heterocycles. The molecule has 5 aromatic rings. The molecule has 2 amide bonds. The first-order valence-corrected chi connectivity index (χ1v) is 20.3. The lowest BCUT2D eigenvalue weighted by Gasteiger charge is -2.40. The maximum atomic E-state index is 15.2. The average molecular weight is 813 g/mol. The number of rotatable bonds is 6. The van der Waals surface area contributed by atoms with Crippen LogP contribution in [0.2, 0.25) is 5.02 Å². The summed E-state index contributed by atoms with van der Waals surface area (Å²) in [5, 5.41) is 15.5. The number of hydrogen-bond acceptors (Lipinski definition) is 11. The second-order valence-electron chi connectivity index (χ2n) is 16.7. The van der Waals surface area contributed by atoms with Crippen LogP contribution in [-0.4, -0.2) is 80.9 Å². The quantitative estimate of drug-likeness (QED) is 0.177. The van der Waals surface area contributed by atoms with Crippen molar-refractivity contribution >= 4 is 74.0 Å². The molecule has 3 N–H and O–H groups in total. The Morgan fingerprint density at radius 1 is 1.00 bits per heavy atom. The van der Waals surface area contributed by atoms with E-state index in [1.165, 1.54) is 4.57 Å². The van der Waals surface area contributed by atoms with E-state index in [9.17, 15) is 14.4 Å². The van der Waals surface area contributed by atoms with Crippen molar-refractivity contribution in [3.05, 3.63) is 63.7 Å². The molecule has 14 nitrogen and oxygen atoms in total. The Balaban J connectivity index is 0.901. The number of nitrogens with zero attached hydrogens (tertiary/aromatic N) is 7. The maximum absolute atomic E-state index is 15.2. The summed E-state index contributed by atoms with van der Waals surface area (Å²) in [5.41, 5.74) is 3.68. The highest BCUT2D eigenvalue weighted by molar-refractivity contribution is 6.33. The van der Waals surface area contributed by atoms with E-state index in [4.69, 9.17) is 26.4 Å². The van der Waals surface area contributed by atoms with Gasteiger partial charge in [0.1, 0.15) is 5.02 Å². The smallest absolute Gasteiger partial charge is 0.301 e. The van der Waals surface area contributed by atoms with Gasteiger partial charge in [0.15, 0.2) is 12.4 Å². The van der Waals surface area contributed by atoms with Crippen LogP contribution in [0.15, 0.2) is 47.4 Å². The number of imide groups is 1. The Bertz CT molecular complexity index is 2590. The predicted octanol–water partition coefficient (Wildman–Crippen LogP) is 5.85. The number of carbonyl (C=O) groups is 2. The van der Waals surface area contributed by atoms with Gasteiger partial charge in [0, 0.05) is 68.6 Å². The molecule has 1 saturated carbocycles. The molecule has 5 aliphatic rings. The van der Waals surface area contributed by atoms with Gasteiger partial charge in [0.05, 0.1) is 46.3 Å². The van der Waals surface area contributed by atoms with Crippen LogP contribution in [0.4, 0.5) is 37.6 Å². The Morgan fingerprint density at radius 3 is 2.64 bits per heavy atom. The van der Waals surface area contributed by atoms with E-state index in [-0.39, 0.29) is 34.6 Å². The monoisotopic (exact) mass is 812 g/mol. The summed E-state index contributed by atoms with van der Waals surface area (Å²) >= 11 is 6.69. The molecule has 1 spiro atoms. The molecule has 4 fully saturated rings. The van der Waals surface area contributed by atoms with Crippen LogP contribution in [0.3, 0.4) is 0 Å². The zero-order valence-electron chi connectivity index (χ0n) is 32.2. The van der Waals surface area contributed by atoms with Gasteiger partial charge in [0.2, 0.25) is 23.5 Å². The van der Waals surface area contributed by atoms with Gasteiger partial charge in [-0.3, -0.25) is 24.4 Å². The average Bonchev–Trinajstić information content (AvgIpc) is 3.91. The van der Waals surface area contributed by atoms with Crippen LogP contribution in [0.25, 0.3) is 21.8 Å². The Morgan fingerprint density at radius 2 is 1.83 bits per heavy atom.